The Hall–Kier alpha value is -3.13. The third-order valence-corrected chi connectivity index (χ3v) is 6.64. The van der Waals surface area contributed by atoms with E-state index in [9.17, 15) is 10.1 Å². The van der Waals surface area contributed by atoms with Crippen molar-refractivity contribution in [3.63, 3.8) is 0 Å². The molecule has 29 heavy (non-hydrogen) atoms. The molecule has 7 nitrogen and oxygen atoms in total. The van der Waals surface area contributed by atoms with Crippen molar-refractivity contribution in [1.29, 1.82) is 0 Å². The second-order valence-corrected chi connectivity index (χ2v) is 8.23. The number of benzene rings is 2. The van der Waals surface area contributed by atoms with Crippen LogP contribution < -0.4 is 9.80 Å². The molecule has 2 aliphatic heterocycles. The summed E-state index contributed by atoms with van der Waals surface area (Å²) < 4.78 is 0. The van der Waals surface area contributed by atoms with Crippen LogP contribution >= 0.6 is 11.8 Å². The number of rotatable bonds is 4. The maximum Gasteiger partial charge on any atom is 0.292 e. The summed E-state index contributed by atoms with van der Waals surface area (Å²) in [4.78, 5) is 25.9. The summed E-state index contributed by atoms with van der Waals surface area (Å²) in [5.41, 5.74) is 1.84. The molecule has 0 spiro atoms. The Bertz CT molecular complexity index is 1080. The number of fused-ring (bicyclic) bond motifs is 4. The first-order chi connectivity index (χ1) is 14.1. The molecule has 1 saturated heterocycles. The first-order valence-corrected chi connectivity index (χ1v) is 10.3. The van der Waals surface area contributed by atoms with Crippen LogP contribution in [0.3, 0.4) is 0 Å². The topological polar surface area (TPSA) is 75.4 Å². The maximum atomic E-state index is 11.7. The van der Waals surface area contributed by atoms with Crippen LogP contribution in [0.2, 0.25) is 0 Å². The van der Waals surface area contributed by atoms with Gasteiger partial charge in [0.2, 0.25) is 0 Å². The number of nitro benzene ring substituents is 1. The largest absolute Gasteiger partial charge is 0.339 e. The van der Waals surface area contributed by atoms with E-state index in [0.29, 0.717) is 5.69 Å². The van der Waals surface area contributed by atoms with Crippen LogP contribution in [0.5, 0.6) is 0 Å². The summed E-state index contributed by atoms with van der Waals surface area (Å²) in [5.74, 6) is 0.917. The summed E-state index contributed by atoms with van der Waals surface area (Å²) in [6.07, 6.45) is 3.47. The van der Waals surface area contributed by atoms with Crippen molar-refractivity contribution in [2.75, 3.05) is 16.8 Å². The Morgan fingerprint density at radius 2 is 1.83 bits per heavy atom. The Balaban J connectivity index is 1.63. The molecular weight excluding hydrogens is 386 g/mol. The van der Waals surface area contributed by atoms with Gasteiger partial charge < -0.3 is 9.80 Å². The lowest BCUT2D eigenvalue weighted by molar-refractivity contribution is -0.384. The number of hydrogen-bond donors (Lipinski definition) is 0. The molecular formula is C21H19N5O2S. The van der Waals surface area contributed by atoms with E-state index in [4.69, 9.17) is 0 Å². The lowest BCUT2D eigenvalue weighted by atomic mass is 10.0. The fourth-order valence-corrected chi connectivity index (χ4v) is 5.34. The van der Waals surface area contributed by atoms with E-state index >= 15 is 0 Å². The van der Waals surface area contributed by atoms with Gasteiger partial charge in [-0.2, -0.15) is 0 Å². The van der Waals surface area contributed by atoms with Gasteiger partial charge in [-0.3, -0.25) is 10.1 Å². The SMILES string of the molecule is CN1c2ncnc(Sc3ccccc3)c2[C@@H]2CC[C@H]1N2c1ccccc1[N+](=O)[O-]. The molecule has 146 valence electrons. The normalized spacial score (nSPS) is 19.9. The van der Waals surface area contributed by atoms with Crippen molar-refractivity contribution >= 4 is 29.0 Å². The third kappa shape index (κ3) is 2.91. The van der Waals surface area contributed by atoms with Crippen molar-refractivity contribution < 1.29 is 4.92 Å². The number of aromatic nitrogens is 2. The zero-order valence-corrected chi connectivity index (χ0v) is 16.6. The number of nitro groups is 1. The number of anilines is 2. The Morgan fingerprint density at radius 3 is 2.62 bits per heavy atom. The van der Waals surface area contributed by atoms with Crippen LogP contribution in [0, 0.1) is 10.1 Å². The minimum absolute atomic E-state index is 0.0136. The van der Waals surface area contributed by atoms with Crippen LogP contribution in [0.1, 0.15) is 24.4 Å². The van der Waals surface area contributed by atoms with Gasteiger partial charge in [-0.1, -0.05) is 42.1 Å². The van der Waals surface area contributed by atoms with Crippen LogP contribution in [-0.2, 0) is 0 Å². The van der Waals surface area contributed by atoms with E-state index in [1.54, 1.807) is 30.2 Å². The van der Waals surface area contributed by atoms with Gasteiger partial charge in [0.15, 0.2) is 0 Å². The van der Waals surface area contributed by atoms with E-state index in [0.717, 1.165) is 34.1 Å². The highest BCUT2D eigenvalue weighted by Crippen LogP contribution is 2.52. The van der Waals surface area contributed by atoms with Gasteiger partial charge in [-0.15, -0.1) is 0 Å². The summed E-state index contributed by atoms with van der Waals surface area (Å²) in [5, 5.41) is 12.6. The molecule has 8 heteroatoms. The molecule has 1 fully saturated rings. The first kappa shape index (κ1) is 17.9. The minimum Gasteiger partial charge on any atom is -0.339 e. The lowest BCUT2D eigenvalue weighted by Gasteiger charge is -2.43. The smallest absolute Gasteiger partial charge is 0.292 e. The fraction of sp³-hybridized carbons (Fsp3) is 0.238. The van der Waals surface area contributed by atoms with E-state index < -0.39 is 0 Å². The molecule has 0 N–H and O–H groups in total. The summed E-state index contributed by atoms with van der Waals surface area (Å²) in [7, 11) is 2.01. The van der Waals surface area contributed by atoms with Crippen molar-refractivity contribution in [3.05, 3.63) is 76.6 Å². The zero-order valence-electron chi connectivity index (χ0n) is 15.8. The fourth-order valence-electron chi connectivity index (χ4n) is 4.39. The van der Waals surface area contributed by atoms with Crippen LogP contribution in [0.25, 0.3) is 0 Å². The zero-order chi connectivity index (χ0) is 20.0. The highest BCUT2D eigenvalue weighted by molar-refractivity contribution is 7.99. The molecule has 2 aromatic carbocycles. The highest BCUT2D eigenvalue weighted by Gasteiger charge is 2.46. The molecule has 2 aliphatic rings. The summed E-state index contributed by atoms with van der Waals surface area (Å²) in [6.45, 7) is 0. The van der Waals surface area contributed by atoms with Gasteiger partial charge in [0.25, 0.3) is 5.69 Å². The molecule has 0 radical (unpaired) electrons. The van der Waals surface area contributed by atoms with Crippen molar-refractivity contribution in [1.82, 2.24) is 9.97 Å². The third-order valence-electron chi connectivity index (χ3n) is 5.61. The van der Waals surface area contributed by atoms with Crippen LogP contribution in [-0.4, -0.2) is 28.1 Å². The molecule has 0 amide bonds. The van der Waals surface area contributed by atoms with Crippen LogP contribution in [0.4, 0.5) is 17.2 Å². The molecule has 0 unspecified atom stereocenters. The van der Waals surface area contributed by atoms with Gasteiger partial charge in [0.1, 0.15) is 29.0 Å². The van der Waals surface area contributed by atoms with Gasteiger partial charge in [-0.05, 0) is 31.0 Å². The molecule has 5 rings (SSSR count). The average molecular weight is 405 g/mol. The second-order valence-electron chi connectivity index (χ2n) is 7.17. The van der Waals surface area contributed by atoms with E-state index in [-0.39, 0.29) is 22.8 Å². The monoisotopic (exact) mass is 405 g/mol. The molecule has 0 aliphatic carbocycles. The second kappa shape index (κ2) is 7.04. The Kier molecular flexibility index (Phi) is 4.35. The number of nitrogens with zero attached hydrogens (tertiary/aromatic N) is 5. The standard InChI is InChI=1S/C21H19N5O2S/c1-24-18-12-11-17(25(18)15-9-5-6-10-16(15)26(27)28)19-20(24)22-13-23-21(19)29-14-7-3-2-4-8-14/h2-10,13,17-18H,11-12H2,1H3/t17-,18+/m0/s1. The van der Waals surface area contributed by atoms with E-state index in [2.05, 4.69) is 31.9 Å². The number of para-hydroxylation sites is 2. The molecule has 3 aromatic rings. The van der Waals surface area contributed by atoms with Gasteiger partial charge in [0, 0.05) is 23.6 Å². The first-order valence-electron chi connectivity index (χ1n) is 9.47. The summed E-state index contributed by atoms with van der Waals surface area (Å²) >= 11 is 1.61. The van der Waals surface area contributed by atoms with E-state index in [1.165, 1.54) is 0 Å². The molecule has 3 heterocycles. The lowest BCUT2D eigenvalue weighted by Crippen LogP contribution is -2.48. The maximum absolute atomic E-state index is 11.7. The van der Waals surface area contributed by atoms with Gasteiger partial charge in [-0.25, -0.2) is 9.97 Å². The summed E-state index contributed by atoms with van der Waals surface area (Å²) in [6, 6.07) is 17.1. The van der Waals surface area contributed by atoms with Gasteiger partial charge in [0.05, 0.1) is 11.0 Å². The average Bonchev–Trinajstić information content (AvgIpc) is 3.12. The Labute approximate surface area is 172 Å². The molecule has 0 saturated carbocycles. The van der Waals surface area contributed by atoms with Gasteiger partial charge >= 0.3 is 0 Å². The van der Waals surface area contributed by atoms with E-state index in [1.807, 2.05) is 37.4 Å². The highest BCUT2D eigenvalue weighted by atomic mass is 32.2. The Morgan fingerprint density at radius 1 is 1.07 bits per heavy atom. The van der Waals surface area contributed by atoms with Crippen molar-refractivity contribution in [2.45, 2.75) is 35.0 Å². The predicted octanol–water partition coefficient (Wildman–Crippen LogP) is 4.65. The molecule has 2 atom stereocenters. The van der Waals surface area contributed by atoms with Crippen molar-refractivity contribution in [3.8, 4) is 0 Å². The van der Waals surface area contributed by atoms with Crippen molar-refractivity contribution in [2.24, 2.45) is 0 Å². The molecule has 1 aromatic heterocycles. The van der Waals surface area contributed by atoms with Crippen LogP contribution in [0.15, 0.2) is 70.8 Å². The minimum atomic E-state index is -0.300. The predicted molar refractivity (Wildman–Crippen MR) is 112 cm³/mol. The quantitative estimate of drug-likeness (QED) is 0.355. The molecule has 2 bridgehead atoms. The number of hydrogen-bond acceptors (Lipinski definition) is 7.